The fourth-order valence-electron chi connectivity index (χ4n) is 2.66. The van der Waals surface area contributed by atoms with Crippen molar-refractivity contribution in [3.8, 4) is 11.4 Å². The maximum Gasteiger partial charge on any atom is 0.227 e. The molecule has 1 unspecified atom stereocenters. The standard InChI is InChI=1S/C14H15N7O/c1-20-9-17-18-14(20)11-3-2-4-12(6-11)21-8-10(5-13(21)22)7-16-19-15/h2-4,6,9-10H,5,7-8H2,1H3. The Labute approximate surface area is 127 Å². The number of carbonyl (C=O) groups excluding carboxylic acids is 1. The molecule has 1 aliphatic rings. The summed E-state index contributed by atoms with van der Waals surface area (Å²) in [5.41, 5.74) is 10.1. The Morgan fingerprint density at radius 2 is 2.36 bits per heavy atom. The number of nitrogens with zero attached hydrogens (tertiary/aromatic N) is 7. The van der Waals surface area contributed by atoms with Crippen LogP contribution in [0.15, 0.2) is 35.7 Å². The number of hydrogen-bond donors (Lipinski definition) is 0. The average molecular weight is 297 g/mol. The van der Waals surface area contributed by atoms with Crippen LogP contribution >= 0.6 is 0 Å². The van der Waals surface area contributed by atoms with Crippen LogP contribution in [0.3, 0.4) is 0 Å². The van der Waals surface area contributed by atoms with Crippen molar-refractivity contribution in [2.24, 2.45) is 18.1 Å². The van der Waals surface area contributed by atoms with Crippen molar-refractivity contribution in [1.82, 2.24) is 14.8 Å². The maximum atomic E-state index is 12.2. The van der Waals surface area contributed by atoms with Gasteiger partial charge in [-0.05, 0) is 23.6 Å². The van der Waals surface area contributed by atoms with E-state index in [2.05, 4.69) is 20.2 Å². The van der Waals surface area contributed by atoms with Gasteiger partial charge in [-0.25, -0.2) is 0 Å². The van der Waals surface area contributed by atoms with Gasteiger partial charge in [0.15, 0.2) is 5.82 Å². The first-order chi connectivity index (χ1) is 10.7. The Bertz CT molecular complexity index is 747. The molecule has 1 aliphatic heterocycles. The van der Waals surface area contributed by atoms with Gasteiger partial charge in [0.2, 0.25) is 5.91 Å². The highest BCUT2D eigenvalue weighted by atomic mass is 16.2. The molecule has 0 saturated carbocycles. The Balaban J connectivity index is 1.85. The zero-order chi connectivity index (χ0) is 15.5. The lowest BCUT2D eigenvalue weighted by Gasteiger charge is -2.17. The highest BCUT2D eigenvalue weighted by molar-refractivity contribution is 5.96. The molecule has 0 radical (unpaired) electrons. The van der Waals surface area contributed by atoms with Crippen molar-refractivity contribution in [2.45, 2.75) is 6.42 Å². The Morgan fingerprint density at radius 1 is 1.50 bits per heavy atom. The van der Waals surface area contributed by atoms with Gasteiger partial charge in [0, 0.05) is 42.7 Å². The second-order valence-corrected chi connectivity index (χ2v) is 5.30. The van der Waals surface area contributed by atoms with E-state index < -0.39 is 0 Å². The quantitative estimate of drug-likeness (QED) is 0.491. The van der Waals surface area contributed by atoms with Crippen molar-refractivity contribution in [2.75, 3.05) is 18.0 Å². The van der Waals surface area contributed by atoms with E-state index in [4.69, 9.17) is 5.53 Å². The van der Waals surface area contributed by atoms with E-state index in [0.29, 0.717) is 19.5 Å². The first kappa shape index (κ1) is 14.1. The lowest BCUT2D eigenvalue weighted by molar-refractivity contribution is -0.117. The summed E-state index contributed by atoms with van der Waals surface area (Å²) in [7, 11) is 1.87. The summed E-state index contributed by atoms with van der Waals surface area (Å²) in [5.74, 6) is 0.870. The molecule has 1 atom stereocenters. The number of hydrogen-bond acceptors (Lipinski definition) is 4. The van der Waals surface area contributed by atoms with Crippen LogP contribution in [0.25, 0.3) is 21.8 Å². The second kappa shape index (κ2) is 5.87. The molecular weight excluding hydrogens is 282 g/mol. The van der Waals surface area contributed by atoms with Gasteiger partial charge in [-0.2, -0.15) is 0 Å². The highest BCUT2D eigenvalue weighted by Gasteiger charge is 2.30. The smallest absolute Gasteiger partial charge is 0.227 e. The van der Waals surface area contributed by atoms with E-state index in [1.165, 1.54) is 0 Å². The van der Waals surface area contributed by atoms with Crippen molar-refractivity contribution in [1.29, 1.82) is 0 Å². The number of anilines is 1. The molecule has 1 aromatic heterocycles. The summed E-state index contributed by atoms with van der Waals surface area (Å²) in [4.78, 5) is 16.7. The Kier molecular flexibility index (Phi) is 3.76. The molecule has 0 spiro atoms. The van der Waals surface area contributed by atoms with Crippen LogP contribution in [0.4, 0.5) is 5.69 Å². The van der Waals surface area contributed by atoms with Crippen LogP contribution < -0.4 is 4.90 Å². The van der Waals surface area contributed by atoms with Gasteiger partial charge in [0.25, 0.3) is 0 Å². The number of amides is 1. The molecule has 1 saturated heterocycles. The number of aryl methyl sites for hydroxylation is 1. The SMILES string of the molecule is Cn1cnnc1-c1cccc(N2CC(CN=[N+]=[N-])CC2=O)c1. The van der Waals surface area contributed by atoms with E-state index in [1.54, 1.807) is 11.2 Å². The number of aromatic nitrogens is 3. The fraction of sp³-hybridized carbons (Fsp3) is 0.357. The van der Waals surface area contributed by atoms with Crippen molar-refractivity contribution >= 4 is 11.6 Å². The van der Waals surface area contributed by atoms with Crippen LogP contribution in [0.1, 0.15) is 6.42 Å². The molecule has 0 bridgehead atoms. The maximum absolute atomic E-state index is 12.2. The summed E-state index contributed by atoms with van der Waals surface area (Å²) in [6, 6.07) is 7.66. The number of rotatable bonds is 4. The van der Waals surface area contributed by atoms with Crippen LogP contribution in [-0.2, 0) is 11.8 Å². The summed E-state index contributed by atoms with van der Waals surface area (Å²) in [5, 5.41) is 11.5. The van der Waals surface area contributed by atoms with E-state index in [-0.39, 0.29) is 11.8 Å². The van der Waals surface area contributed by atoms with E-state index in [1.807, 2.05) is 35.9 Å². The summed E-state index contributed by atoms with van der Waals surface area (Å²) < 4.78 is 1.83. The minimum Gasteiger partial charge on any atom is -0.317 e. The van der Waals surface area contributed by atoms with Gasteiger partial charge in [-0.3, -0.25) is 4.79 Å². The molecule has 1 amide bonds. The number of azide groups is 1. The number of carbonyl (C=O) groups is 1. The molecule has 0 aliphatic carbocycles. The van der Waals surface area contributed by atoms with Crippen LogP contribution in [0, 0.1) is 5.92 Å². The van der Waals surface area contributed by atoms with E-state index in [0.717, 1.165) is 17.1 Å². The molecular formula is C14H15N7O. The first-order valence-electron chi connectivity index (χ1n) is 6.94. The third-order valence-corrected chi connectivity index (χ3v) is 3.74. The van der Waals surface area contributed by atoms with Gasteiger partial charge < -0.3 is 9.47 Å². The fourth-order valence-corrected chi connectivity index (χ4v) is 2.66. The van der Waals surface area contributed by atoms with Gasteiger partial charge in [-0.15, -0.1) is 10.2 Å². The lowest BCUT2D eigenvalue weighted by atomic mass is 10.1. The van der Waals surface area contributed by atoms with E-state index >= 15 is 0 Å². The predicted octanol–water partition coefficient (Wildman–Crippen LogP) is 2.15. The summed E-state index contributed by atoms with van der Waals surface area (Å²) in [6.45, 7) is 0.918. The minimum atomic E-state index is 0.0493. The largest absolute Gasteiger partial charge is 0.317 e. The van der Waals surface area contributed by atoms with Crippen LogP contribution in [0.2, 0.25) is 0 Å². The molecule has 2 aromatic rings. The molecule has 0 N–H and O–H groups in total. The van der Waals surface area contributed by atoms with Crippen molar-refractivity contribution in [3.63, 3.8) is 0 Å². The summed E-state index contributed by atoms with van der Waals surface area (Å²) in [6.07, 6.45) is 2.05. The molecule has 2 heterocycles. The lowest BCUT2D eigenvalue weighted by Crippen LogP contribution is -2.24. The third-order valence-electron chi connectivity index (χ3n) is 3.74. The summed E-state index contributed by atoms with van der Waals surface area (Å²) >= 11 is 0. The van der Waals surface area contributed by atoms with Gasteiger partial charge >= 0.3 is 0 Å². The highest BCUT2D eigenvalue weighted by Crippen LogP contribution is 2.28. The van der Waals surface area contributed by atoms with Crippen LogP contribution in [-0.4, -0.2) is 33.8 Å². The van der Waals surface area contributed by atoms with E-state index in [9.17, 15) is 4.79 Å². The Hall–Kier alpha value is -2.86. The zero-order valence-corrected chi connectivity index (χ0v) is 12.1. The first-order valence-corrected chi connectivity index (χ1v) is 6.94. The average Bonchev–Trinajstić information content (AvgIpc) is 3.11. The molecule has 8 nitrogen and oxygen atoms in total. The van der Waals surface area contributed by atoms with Gasteiger partial charge in [-0.1, -0.05) is 17.2 Å². The zero-order valence-electron chi connectivity index (χ0n) is 12.1. The van der Waals surface area contributed by atoms with Gasteiger partial charge in [0.1, 0.15) is 6.33 Å². The second-order valence-electron chi connectivity index (χ2n) is 5.30. The molecule has 1 fully saturated rings. The van der Waals surface area contributed by atoms with Crippen molar-refractivity contribution in [3.05, 3.63) is 41.0 Å². The third kappa shape index (κ3) is 2.64. The topological polar surface area (TPSA) is 99.8 Å². The van der Waals surface area contributed by atoms with Crippen molar-refractivity contribution < 1.29 is 4.79 Å². The monoisotopic (exact) mass is 297 g/mol. The Morgan fingerprint density at radius 3 is 3.09 bits per heavy atom. The van der Waals surface area contributed by atoms with Gasteiger partial charge in [0.05, 0.1) is 0 Å². The molecule has 8 heteroatoms. The predicted molar refractivity (Wildman–Crippen MR) is 80.9 cm³/mol. The molecule has 22 heavy (non-hydrogen) atoms. The molecule has 3 rings (SSSR count). The number of benzene rings is 1. The minimum absolute atomic E-state index is 0.0493. The molecule has 112 valence electrons. The molecule has 1 aromatic carbocycles. The normalized spacial score (nSPS) is 17.6. The van der Waals surface area contributed by atoms with Crippen LogP contribution in [0.5, 0.6) is 0 Å².